The van der Waals surface area contributed by atoms with Gasteiger partial charge in [0.05, 0.1) is 19.3 Å². The summed E-state index contributed by atoms with van der Waals surface area (Å²) in [5.41, 5.74) is 4.97. The maximum Gasteiger partial charge on any atom is 0.293 e. The minimum absolute atomic E-state index is 0. The molecule has 0 amide bonds. The van der Waals surface area contributed by atoms with Crippen LogP contribution in [0, 0.1) is 0 Å². The summed E-state index contributed by atoms with van der Waals surface area (Å²) in [7, 11) is 1.70. The van der Waals surface area contributed by atoms with Crippen LogP contribution in [0.25, 0.3) is 0 Å². The van der Waals surface area contributed by atoms with Crippen LogP contribution in [0.2, 0.25) is 0 Å². The third-order valence-electron chi connectivity index (χ3n) is 3.78. The van der Waals surface area contributed by atoms with Crippen molar-refractivity contribution in [3.8, 4) is 5.75 Å². The number of methoxy groups -OCH3 is 1. The maximum atomic E-state index is 13.0. The van der Waals surface area contributed by atoms with Gasteiger partial charge in [0.1, 0.15) is 11.6 Å². The second-order valence-electron chi connectivity index (χ2n) is 6.23. The van der Waals surface area contributed by atoms with Crippen molar-refractivity contribution in [2.75, 3.05) is 64.5 Å². The summed E-state index contributed by atoms with van der Waals surface area (Å²) in [6.45, 7) is 12.1. The van der Waals surface area contributed by atoms with Gasteiger partial charge in [-0.1, -0.05) is 34.1 Å². The summed E-state index contributed by atoms with van der Waals surface area (Å²) >= 11 is 0. The van der Waals surface area contributed by atoms with Crippen LogP contribution in [0.1, 0.15) is 35.5 Å². The summed E-state index contributed by atoms with van der Waals surface area (Å²) in [5.74, 6) is -1.87. The molecule has 1 aliphatic rings. The smallest absolute Gasteiger partial charge is 0.293 e. The Labute approximate surface area is 170 Å². The van der Waals surface area contributed by atoms with Crippen molar-refractivity contribution in [2.24, 2.45) is 5.73 Å². The number of nitrogens with zero attached hydrogens (tertiary/aromatic N) is 3. The van der Waals surface area contributed by atoms with Crippen LogP contribution < -0.4 is 15.4 Å². The molecule has 0 bridgehead atoms. The van der Waals surface area contributed by atoms with Gasteiger partial charge in [-0.15, -0.1) is 0 Å². The molecule has 0 unspecified atom stereocenters. The summed E-state index contributed by atoms with van der Waals surface area (Å²) < 4.78 is 36.2. The number of anilines is 1. The summed E-state index contributed by atoms with van der Waals surface area (Å²) in [6, 6.07) is 3.45. The Morgan fingerprint density at radius 3 is 2.25 bits per heavy atom. The van der Waals surface area contributed by atoms with Crippen molar-refractivity contribution in [3.05, 3.63) is 18.3 Å². The van der Waals surface area contributed by atoms with E-state index in [4.69, 9.17) is 15.2 Å². The molecule has 1 aromatic rings. The average molecular weight is 407 g/mol. The predicted molar refractivity (Wildman–Crippen MR) is 114 cm³/mol. The van der Waals surface area contributed by atoms with Gasteiger partial charge in [-0.2, -0.15) is 0 Å². The quantitative estimate of drug-likeness (QED) is 0.713. The van der Waals surface area contributed by atoms with Crippen LogP contribution in [0.3, 0.4) is 0 Å². The number of alkyl halides is 2. The molecule has 0 saturated carbocycles. The minimum Gasteiger partial charge on any atom is -0.486 e. The number of aromatic nitrogens is 1. The highest BCUT2D eigenvalue weighted by molar-refractivity contribution is 5.41. The number of pyridine rings is 1. The molecule has 0 spiro atoms. The molecule has 28 heavy (non-hydrogen) atoms. The normalized spacial score (nSPS) is 14.5. The van der Waals surface area contributed by atoms with Gasteiger partial charge in [0.15, 0.2) is 6.61 Å². The molecule has 1 fully saturated rings. The van der Waals surface area contributed by atoms with Gasteiger partial charge in [-0.25, -0.2) is 13.8 Å². The van der Waals surface area contributed by atoms with E-state index in [0.29, 0.717) is 5.75 Å². The lowest BCUT2D eigenvalue weighted by atomic mass is 10.3. The molecule has 0 atom stereocenters. The molecule has 166 valence electrons. The van der Waals surface area contributed by atoms with Gasteiger partial charge >= 0.3 is 0 Å². The topological polar surface area (TPSA) is 63.9 Å². The Morgan fingerprint density at radius 1 is 1.18 bits per heavy atom. The largest absolute Gasteiger partial charge is 0.486 e. The number of rotatable bonds is 8. The number of nitrogens with two attached hydrogens (primary N) is 1. The van der Waals surface area contributed by atoms with Crippen molar-refractivity contribution >= 4 is 5.82 Å². The lowest BCUT2D eigenvalue weighted by molar-refractivity contribution is -0.0320. The lowest BCUT2D eigenvalue weighted by Gasteiger charge is -2.35. The summed E-state index contributed by atoms with van der Waals surface area (Å²) in [4.78, 5) is 8.81. The van der Waals surface area contributed by atoms with Crippen LogP contribution in [-0.2, 0) is 4.74 Å². The van der Waals surface area contributed by atoms with Crippen LogP contribution >= 0.6 is 0 Å². The lowest BCUT2D eigenvalue weighted by Crippen LogP contribution is -2.47. The van der Waals surface area contributed by atoms with Crippen LogP contribution in [0.4, 0.5) is 14.6 Å². The fourth-order valence-corrected chi connectivity index (χ4v) is 2.31. The van der Waals surface area contributed by atoms with E-state index in [-0.39, 0.29) is 1.43 Å². The number of halogens is 2. The minimum atomic E-state index is -3.02. The second-order valence-corrected chi connectivity index (χ2v) is 6.23. The molecule has 0 aromatic carbocycles. The van der Waals surface area contributed by atoms with E-state index in [1.165, 1.54) is 12.6 Å². The predicted octanol–water partition coefficient (Wildman–Crippen LogP) is 3.51. The van der Waals surface area contributed by atoms with E-state index in [1.807, 2.05) is 13.8 Å². The van der Waals surface area contributed by atoms with Crippen molar-refractivity contribution in [3.63, 3.8) is 0 Å². The summed E-state index contributed by atoms with van der Waals surface area (Å²) in [6.07, 6.45) is 2.72. The molecule has 8 heteroatoms. The Hall–Kier alpha value is -1.51. The highest BCUT2D eigenvalue weighted by Gasteiger charge is 2.27. The molecular formula is C20H40F2N4O2. The molecule has 6 nitrogen and oxygen atoms in total. The standard InChI is InChI=1S/C15H24F2N4O2.C3H8.C2H6.H2/c1-22-9-8-20-4-6-21(7-5-20)14-3-2-13(10-19-14)23-12-15(16,17)11-18;1-3-2;1-2;/h2-3,10H,4-9,11-12,18H2,1H3;3H2,1-2H3;1-2H3;1H. The van der Waals surface area contributed by atoms with E-state index in [2.05, 4.69) is 28.6 Å². The first-order valence-electron chi connectivity index (χ1n) is 10.1. The van der Waals surface area contributed by atoms with Gasteiger partial charge in [0.25, 0.3) is 5.92 Å². The van der Waals surface area contributed by atoms with Crippen molar-refractivity contribution in [2.45, 2.75) is 40.0 Å². The second kappa shape index (κ2) is 15.4. The monoisotopic (exact) mass is 406 g/mol. The fourth-order valence-electron chi connectivity index (χ4n) is 2.31. The molecular weight excluding hydrogens is 366 g/mol. The van der Waals surface area contributed by atoms with E-state index in [0.717, 1.165) is 45.1 Å². The Bertz CT molecular complexity index is 488. The van der Waals surface area contributed by atoms with E-state index in [9.17, 15) is 8.78 Å². The number of piperazine rings is 1. The molecule has 1 aromatic heterocycles. The average Bonchev–Trinajstić information content (AvgIpc) is 2.74. The first-order chi connectivity index (χ1) is 13.5. The molecule has 0 aliphatic carbocycles. The van der Waals surface area contributed by atoms with E-state index >= 15 is 0 Å². The zero-order valence-electron chi connectivity index (χ0n) is 18.1. The van der Waals surface area contributed by atoms with Gasteiger partial charge in [-0.3, -0.25) is 4.90 Å². The Balaban J connectivity index is 0. The zero-order chi connectivity index (χ0) is 21.4. The van der Waals surface area contributed by atoms with Crippen LogP contribution in [0.5, 0.6) is 5.75 Å². The van der Waals surface area contributed by atoms with Crippen LogP contribution in [-0.4, -0.2) is 75.4 Å². The Morgan fingerprint density at radius 2 is 1.79 bits per heavy atom. The highest BCUT2D eigenvalue weighted by Crippen LogP contribution is 2.19. The fraction of sp³-hybridized carbons (Fsp3) is 0.750. The Kier molecular flexibility index (Phi) is 14.6. The third kappa shape index (κ3) is 10.7. The highest BCUT2D eigenvalue weighted by atomic mass is 19.3. The van der Waals surface area contributed by atoms with Gasteiger partial charge in [0.2, 0.25) is 0 Å². The summed E-state index contributed by atoms with van der Waals surface area (Å²) in [5, 5.41) is 0. The first-order valence-corrected chi connectivity index (χ1v) is 10.1. The van der Waals surface area contributed by atoms with Crippen molar-refractivity contribution < 1.29 is 19.7 Å². The van der Waals surface area contributed by atoms with Crippen molar-refractivity contribution in [1.29, 1.82) is 0 Å². The third-order valence-corrected chi connectivity index (χ3v) is 3.78. The first kappa shape index (κ1) is 26.5. The zero-order valence-corrected chi connectivity index (χ0v) is 18.1. The van der Waals surface area contributed by atoms with E-state index < -0.39 is 19.1 Å². The number of hydrogen-bond acceptors (Lipinski definition) is 6. The maximum absolute atomic E-state index is 13.0. The van der Waals surface area contributed by atoms with Gasteiger partial charge in [0, 0.05) is 41.3 Å². The molecule has 2 heterocycles. The molecule has 0 radical (unpaired) electrons. The number of hydrogen-bond donors (Lipinski definition) is 1. The molecule has 1 saturated heterocycles. The van der Waals surface area contributed by atoms with Gasteiger partial charge < -0.3 is 20.1 Å². The van der Waals surface area contributed by atoms with E-state index in [1.54, 1.807) is 19.2 Å². The molecule has 2 rings (SSSR count). The molecule has 1 aliphatic heterocycles. The SMILES string of the molecule is CC.CCC.COCCN1CCN(c2ccc(OCC(F)(F)CN)cn2)CC1.[HH]. The van der Waals surface area contributed by atoms with Gasteiger partial charge in [-0.05, 0) is 12.1 Å². The molecule has 2 N–H and O–H groups in total. The number of ether oxygens (including phenoxy) is 2. The van der Waals surface area contributed by atoms with Crippen LogP contribution in [0.15, 0.2) is 18.3 Å². The van der Waals surface area contributed by atoms with Crippen molar-refractivity contribution in [1.82, 2.24) is 9.88 Å².